The zero-order chi connectivity index (χ0) is 12.2. The van der Waals surface area contributed by atoms with Crippen LogP contribution in [0, 0.1) is 0 Å². The molecule has 3 rings (SSSR count). The Kier molecular flexibility index (Phi) is 3.62. The molecule has 1 atom stereocenters. The topological polar surface area (TPSA) is 24.9 Å². The molecule has 0 fully saturated rings. The van der Waals surface area contributed by atoms with Crippen LogP contribution in [0.1, 0.15) is 17.2 Å². The molecule has 2 heterocycles. The second-order valence-corrected chi connectivity index (χ2v) is 5.52. The molecule has 18 heavy (non-hydrogen) atoms. The summed E-state index contributed by atoms with van der Waals surface area (Å²) in [6, 6.07) is 13.4. The van der Waals surface area contributed by atoms with Crippen LogP contribution in [0.3, 0.4) is 0 Å². The number of hydrogen-bond acceptors (Lipinski definition) is 3. The predicted octanol–water partition coefficient (Wildman–Crippen LogP) is 3.06. The molecule has 0 bridgehead atoms. The molecular weight excluding hydrogens is 240 g/mol. The molecule has 2 aromatic rings. The van der Waals surface area contributed by atoms with E-state index in [4.69, 9.17) is 0 Å². The largest absolute Gasteiger partial charge is 0.309 e. The van der Waals surface area contributed by atoms with Crippen molar-refractivity contribution in [2.24, 2.45) is 0 Å². The van der Waals surface area contributed by atoms with E-state index in [0.717, 1.165) is 18.7 Å². The summed E-state index contributed by atoms with van der Waals surface area (Å²) in [7, 11) is 0. The highest BCUT2D eigenvalue weighted by Crippen LogP contribution is 2.37. The lowest BCUT2D eigenvalue weighted by atomic mass is 10.1. The standard InChI is InChI=1S/C15H16N2S/c1-2-4-15-13(3-1)14(11-18-15)17-10-7-12-5-8-16-9-6-12/h1-6,8-9,14,17H,7,10-11H2. The van der Waals surface area contributed by atoms with Crippen molar-refractivity contribution < 1.29 is 0 Å². The van der Waals surface area contributed by atoms with E-state index < -0.39 is 0 Å². The summed E-state index contributed by atoms with van der Waals surface area (Å²) in [4.78, 5) is 5.47. The molecule has 2 nitrogen and oxygen atoms in total. The first-order valence-corrected chi connectivity index (χ1v) is 7.26. The summed E-state index contributed by atoms with van der Waals surface area (Å²) in [5.41, 5.74) is 2.80. The molecule has 3 heteroatoms. The monoisotopic (exact) mass is 256 g/mol. The zero-order valence-electron chi connectivity index (χ0n) is 10.2. The number of fused-ring (bicyclic) bond motifs is 1. The summed E-state index contributed by atoms with van der Waals surface area (Å²) >= 11 is 1.95. The van der Waals surface area contributed by atoms with Gasteiger partial charge < -0.3 is 5.32 Å². The summed E-state index contributed by atoms with van der Waals surface area (Å²) in [5, 5.41) is 3.65. The molecule has 0 aliphatic carbocycles. The van der Waals surface area contributed by atoms with Gasteiger partial charge in [-0.2, -0.15) is 0 Å². The molecule has 0 radical (unpaired) electrons. The van der Waals surface area contributed by atoms with Gasteiger partial charge in [0.2, 0.25) is 0 Å². The van der Waals surface area contributed by atoms with Crippen molar-refractivity contribution in [3.8, 4) is 0 Å². The van der Waals surface area contributed by atoms with Crippen molar-refractivity contribution in [3.05, 3.63) is 59.9 Å². The van der Waals surface area contributed by atoms with Gasteiger partial charge in [-0.3, -0.25) is 4.98 Å². The summed E-state index contributed by atoms with van der Waals surface area (Å²) < 4.78 is 0. The molecular formula is C15H16N2S. The fraction of sp³-hybridized carbons (Fsp3) is 0.267. The molecule has 1 unspecified atom stereocenters. The van der Waals surface area contributed by atoms with E-state index in [1.165, 1.54) is 16.0 Å². The van der Waals surface area contributed by atoms with Gasteiger partial charge in [-0.05, 0) is 42.3 Å². The van der Waals surface area contributed by atoms with Crippen molar-refractivity contribution in [2.75, 3.05) is 12.3 Å². The first-order chi connectivity index (χ1) is 8.93. The van der Waals surface area contributed by atoms with Crippen LogP contribution in [0.4, 0.5) is 0 Å². The summed E-state index contributed by atoms with van der Waals surface area (Å²) in [5.74, 6) is 1.15. The van der Waals surface area contributed by atoms with Crippen molar-refractivity contribution >= 4 is 11.8 Å². The maximum Gasteiger partial charge on any atom is 0.0426 e. The molecule has 1 aliphatic rings. The number of thioether (sulfide) groups is 1. The van der Waals surface area contributed by atoms with E-state index in [-0.39, 0.29) is 0 Å². The van der Waals surface area contributed by atoms with E-state index in [9.17, 15) is 0 Å². The molecule has 1 N–H and O–H groups in total. The second kappa shape index (κ2) is 5.55. The van der Waals surface area contributed by atoms with E-state index >= 15 is 0 Å². The third kappa shape index (κ3) is 2.57. The van der Waals surface area contributed by atoms with Crippen LogP contribution in [0.25, 0.3) is 0 Å². The van der Waals surface area contributed by atoms with Gasteiger partial charge in [0.25, 0.3) is 0 Å². The van der Waals surface area contributed by atoms with Crippen LogP contribution < -0.4 is 5.32 Å². The molecule has 0 saturated heterocycles. The highest BCUT2D eigenvalue weighted by molar-refractivity contribution is 7.99. The van der Waals surface area contributed by atoms with E-state index in [0.29, 0.717) is 6.04 Å². The van der Waals surface area contributed by atoms with Crippen LogP contribution in [-0.2, 0) is 6.42 Å². The minimum Gasteiger partial charge on any atom is -0.309 e. The van der Waals surface area contributed by atoms with Gasteiger partial charge in [-0.25, -0.2) is 0 Å². The van der Waals surface area contributed by atoms with Crippen LogP contribution >= 0.6 is 11.8 Å². The highest BCUT2D eigenvalue weighted by Gasteiger charge is 2.21. The number of pyridine rings is 1. The number of benzene rings is 1. The normalized spacial score (nSPS) is 17.7. The van der Waals surface area contributed by atoms with Crippen molar-refractivity contribution in [2.45, 2.75) is 17.4 Å². The fourth-order valence-corrected chi connectivity index (χ4v) is 3.47. The third-order valence-electron chi connectivity index (χ3n) is 3.25. The SMILES string of the molecule is c1ccc2c(c1)SCC2NCCc1ccncc1. The predicted molar refractivity (Wildman–Crippen MR) is 75.9 cm³/mol. The maximum atomic E-state index is 4.04. The minimum absolute atomic E-state index is 0.507. The first-order valence-electron chi connectivity index (χ1n) is 6.27. The third-order valence-corrected chi connectivity index (χ3v) is 4.44. The highest BCUT2D eigenvalue weighted by atomic mass is 32.2. The van der Waals surface area contributed by atoms with E-state index in [2.05, 4.69) is 46.7 Å². The van der Waals surface area contributed by atoms with Crippen LogP contribution in [0.15, 0.2) is 53.7 Å². The minimum atomic E-state index is 0.507. The van der Waals surface area contributed by atoms with Gasteiger partial charge >= 0.3 is 0 Å². The lowest BCUT2D eigenvalue weighted by Gasteiger charge is -2.13. The molecule has 92 valence electrons. The average Bonchev–Trinajstić information content (AvgIpc) is 2.84. The van der Waals surface area contributed by atoms with Crippen molar-refractivity contribution in [3.63, 3.8) is 0 Å². The Morgan fingerprint density at radius 2 is 2.00 bits per heavy atom. The van der Waals surface area contributed by atoms with Crippen LogP contribution in [0.2, 0.25) is 0 Å². The van der Waals surface area contributed by atoms with E-state index in [1.54, 1.807) is 0 Å². The fourth-order valence-electron chi connectivity index (χ4n) is 2.27. The van der Waals surface area contributed by atoms with Gasteiger partial charge in [0.15, 0.2) is 0 Å². The number of aromatic nitrogens is 1. The Labute approximate surface area is 112 Å². The smallest absolute Gasteiger partial charge is 0.0426 e. The molecule has 1 aromatic heterocycles. The Balaban J connectivity index is 1.56. The Hall–Kier alpha value is -1.32. The van der Waals surface area contributed by atoms with Crippen molar-refractivity contribution in [1.82, 2.24) is 10.3 Å². The number of rotatable bonds is 4. The Morgan fingerprint density at radius 1 is 1.17 bits per heavy atom. The van der Waals surface area contributed by atoms with Gasteiger partial charge in [-0.1, -0.05) is 18.2 Å². The quantitative estimate of drug-likeness (QED) is 0.910. The zero-order valence-corrected chi connectivity index (χ0v) is 11.0. The summed E-state index contributed by atoms with van der Waals surface area (Å²) in [6.45, 7) is 1.02. The Morgan fingerprint density at radius 3 is 2.89 bits per heavy atom. The maximum absolute atomic E-state index is 4.04. The van der Waals surface area contributed by atoms with Gasteiger partial charge in [0, 0.05) is 29.1 Å². The number of nitrogens with one attached hydrogen (secondary N) is 1. The lowest BCUT2D eigenvalue weighted by Crippen LogP contribution is -2.23. The van der Waals surface area contributed by atoms with Gasteiger partial charge in [0.05, 0.1) is 0 Å². The molecule has 1 aromatic carbocycles. The summed E-state index contributed by atoms with van der Waals surface area (Å²) in [6.07, 6.45) is 4.78. The van der Waals surface area contributed by atoms with Gasteiger partial charge in [0.1, 0.15) is 0 Å². The van der Waals surface area contributed by atoms with E-state index in [1.807, 2.05) is 24.2 Å². The number of hydrogen-bond donors (Lipinski definition) is 1. The molecule has 1 aliphatic heterocycles. The first kappa shape index (κ1) is 11.8. The van der Waals surface area contributed by atoms with Crippen LogP contribution in [0.5, 0.6) is 0 Å². The molecule has 0 amide bonds. The Bertz CT molecular complexity index is 513. The van der Waals surface area contributed by atoms with Crippen molar-refractivity contribution in [1.29, 1.82) is 0 Å². The van der Waals surface area contributed by atoms with Gasteiger partial charge in [-0.15, -0.1) is 11.8 Å². The molecule has 0 saturated carbocycles. The van der Waals surface area contributed by atoms with Crippen LogP contribution in [-0.4, -0.2) is 17.3 Å². The molecule has 0 spiro atoms. The second-order valence-electron chi connectivity index (χ2n) is 4.46. The average molecular weight is 256 g/mol. The lowest BCUT2D eigenvalue weighted by molar-refractivity contribution is 0.585. The number of nitrogens with zero attached hydrogens (tertiary/aromatic N) is 1.